The Bertz CT molecular complexity index is 984. The zero-order valence-corrected chi connectivity index (χ0v) is 15.7. The number of halogens is 1. The third-order valence-electron chi connectivity index (χ3n) is 3.87. The molecule has 0 atom stereocenters. The van der Waals surface area contributed by atoms with E-state index in [0.29, 0.717) is 17.1 Å². The SMILES string of the molecule is CSc1ccccc1NC(=O)c1ccc(=O)n(Cc2ccc(Cl)cc2)c1. The molecule has 3 aromatic rings. The van der Waals surface area contributed by atoms with Crippen molar-refractivity contribution in [2.75, 3.05) is 11.6 Å². The van der Waals surface area contributed by atoms with Crippen molar-refractivity contribution in [3.8, 4) is 0 Å². The van der Waals surface area contributed by atoms with Crippen molar-refractivity contribution in [3.63, 3.8) is 0 Å². The van der Waals surface area contributed by atoms with Crippen molar-refractivity contribution in [2.24, 2.45) is 0 Å². The fourth-order valence-corrected chi connectivity index (χ4v) is 3.20. The van der Waals surface area contributed by atoms with Gasteiger partial charge in [0.25, 0.3) is 11.5 Å². The highest BCUT2D eigenvalue weighted by Crippen LogP contribution is 2.25. The van der Waals surface area contributed by atoms with Crippen molar-refractivity contribution < 1.29 is 4.79 Å². The van der Waals surface area contributed by atoms with Gasteiger partial charge in [0.1, 0.15) is 0 Å². The molecular weight excluding hydrogens is 368 g/mol. The number of carbonyl (C=O) groups excluding carboxylic acids is 1. The van der Waals surface area contributed by atoms with Gasteiger partial charge >= 0.3 is 0 Å². The molecule has 6 heteroatoms. The van der Waals surface area contributed by atoms with E-state index in [0.717, 1.165) is 16.1 Å². The fraction of sp³-hybridized carbons (Fsp3) is 0.100. The number of benzene rings is 2. The van der Waals surface area contributed by atoms with Crippen LogP contribution in [0.3, 0.4) is 0 Å². The lowest BCUT2D eigenvalue weighted by Gasteiger charge is -2.11. The van der Waals surface area contributed by atoms with Crippen molar-refractivity contribution >= 4 is 35.0 Å². The van der Waals surface area contributed by atoms with E-state index in [1.54, 1.807) is 30.1 Å². The first-order valence-corrected chi connectivity index (χ1v) is 9.56. The molecule has 0 bridgehead atoms. The maximum atomic E-state index is 12.6. The van der Waals surface area contributed by atoms with E-state index in [9.17, 15) is 9.59 Å². The quantitative estimate of drug-likeness (QED) is 0.658. The first-order valence-electron chi connectivity index (χ1n) is 7.96. The number of carbonyl (C=O) groups is 1. The number of nitrogens with one attached hydrogen (secondary N) is 1. The third-order valence-corrected chi connectivity index (χ3v) is 4.91. The first-order chi connectivity index (χ1) is 12.6. The van der Waals surface area contributed by atoms with E-state index in [2.05, 4.69) is 5.32 Å². The average Bonchev–Trinajstić information content (AvgIpc) is 2.65. The highest BCUT2D eigenvalue weighted by molar-refractivity contribution is 7.98. The Morgan fingerprint density at radius 2 is 1.81 bits per heavy atom. The van der Waals surface area contributed by atoms with Crippen molar-refractivity contribution in [3.05, 3.63) is 93.4 Å². The lowest BCUT2D eigenvalue weighted by molar-refractivity contribution is 0.102. The van der Waals surface area contributed by atoms with Gasteiger partial charge in [-0.15, -0.1) is 11.8 Å². The molecule has 1 aromatic heterocycles. The maximum absolute atomic E-state index is 12.6. The topological polar surface area (TPSA) is 51.1 Å². The summed E-state index contributed by atoms with van der Waals surface area (Å²) in [5.41, 5.74) is 1.94. The zero-order chi connectivity index (χ0) is 18.5. The number of rotatable bonds is 5. The maximum Gasteiger partial charge on any atom is 0.257 e. The second kappa shape index (κ2) is 8.25. The van der Waals surface area contributed by atoms with Gasteiger partial charge in [-0.3, -0.25) is 9.59 Å². The summed E-state index contributed by atoms with van der Waals surface area (Å²) < 4.78 is 1.51. The minimum absolute atomic E-state index is 0.166. The van der Waals surface area contributed by atoms with Crippen LogP contribution in [0.2, 0.25) is 5.02 Å². The monoisotopic (exact) mass is 384 g/mol. The van der Waals surface area contributed by atoms with Crippen LogP contribution in [0.4, 0.5) is 5.69 Å². The minimum Gasteiger partial charge on any atom is -0.321 e. The summed E-state index contributed by atoms with van der Waals surface area (Å²) in [7, 11) is 0. The molecule has 0 aliphatic rings. The number of anilines is 1. The molecule has 2 aromatic carbocycles. The van der Waals surface area contributed by atoms with Gasteiger partial charge in [-0.1, -0.05) is 35.9 Å². The zero-order valence-electron chi connectivity index (χ0n) is 14.1. The lowest BCUT2D eigenvalue weighted by atomic mass is 10.2. The molecule has 0 aliphatic heterocycles. The summed E-state index contributed by atoms with van der Waals surface area (Å²) >= 11 is 7.45. The van der Waals surface area contributed by atoms with E-state index in [1.807, 2.05) is 42.7 Å². The van der Waals surface area contributed by atoms with E-state index >= 15 is 0 Å². The molecule has 1 amide bonds. The average molecular weight is 385 g/mol. The van der Waals surface area contributed by atoms with Gasteiger partial charge in [0.15, 0.2) is 0 Å². The second-order valence-corrected chi connectivity index (χ2v) is 6.95. The van der Waals surface area contributed by atoms with Gasteiger partial charge in [-0.05, 0) is 42.2 Å². The van der Waals surface area contributed by atoms with Crippen LogP contribution >= 0.6 is 23.4 Å². The molecule has 0 saturated heterocycles. The molecule has 0 aliphatic carbocycles. The van der Waals surface area contributed by atoms with Crippen LogP contribution in [0.15, 0.2) is 76.6 Å². The van der Waals surface area contributed by atoms with Crippen molar-refractivity contribution in [2.45, 2.75) is 11.4 Å². The first kappa shape index (κ1) is 18.3. The molecule has 0 unspecified atom stereocenters. The number of para-hydroxylation sites is 1. The molecule has 3 rings (SSSR count). The highest BCUT2D eigenvalue weighted by Gasteiger charge is 2.10. The molecule has 26 heavy (non-hydrogen) atoms. The summed E-state index contributed by atoms with van der Waals surface area (Å²) in [5, 5.41) is 3.54. The van der Waals surface area contributed by atoms with Crippen LogP contribution in [-0.2, 0) is 6.54 Å². The van der Waals surface area contributed by atoms with Crippen molar-refractivity contribution in [1.29, 1.82) is 0 Å². The molecule has 1 N–H and O–H groups in total. The van der Waals surface area contributed by atoms with Crippen molar-refractivity contribution in [1.82, 2.24) is 4.57 Å². The lowest BCUT2D eigenvalue weighted by Crippen LogP contribution is -2.22. The molecule has 1 heterocycles. The Kier molecular flexibility index (Phi) is 5.81. The summed E-state index contributed by atoms with van der Waals surface area (Å²) in [6.45, 7) is 0.374. The molecule has 0 spiro atoms. The number of thioether (sulfide) groups is 1. The predicted molar refractivity (Wildman–Crippen MR) is 107 cm³/mol. The van der Waals surface area contributed by atoms with Gasteiger partial charge in [-0.25, -0.2) is 0 Å². The normalized spacial score (nSPS) is 10.5. The molecule has 4 nitrogen and oxygen atoms in total. The standard InChI is InChI=1S/C20H17ClN2O2S/c1-26-18-5-3-2-4-17(18)22-20(25)15-8-11-19(24)23(13-15)12-14-6-9-16(21)10-7-14/h2-11,13H,12H2,1H3,(H,22,25). The van der Waals surface area contributed by atoms with E-state index in [1.165, 1.54) is 16.7 Å². The predicted octanol–water partition coefficient (Wildman–Crippen LogP) is 4.52. The Labute approximate surface area is 160 Å². The molecule has 0 saturated carbocycles. The molecule has 132 valence electrons. The number of pyridine rings is 1. The fourth-order valence-electron chi connectivity index (χ4n) is 2.52. The van der Waals surface area contributed by atoms with Crippen LogP contribution in [0.25, 0.3) is 0 Å². The van der Waals surface area contributed by atoms with Crippen LogP contribution < -0.4 is 10.9 Å². The minimum atomic E-state index is -0.253. The summed E-state index contributed by atoms with van der Waals surface area (Å²) in [6.07, 6.45) is 3.53. The van der Waals surface area contributed by atoms with Gasteiger partial charge in [0.05, 0.1) is 17.8 Å². The Morgan fingerprint density at radius 3 is 2.54 bits per heavy atom. The second-order valence-electron chi connectivity index (χ2n) is 5.66. The largest absolute Gasteiger partial charge is 0.321 e. The molecule has 0 fully saturated rings. The number of aromatic nitrogens is 1. The van der Waals surface area contributed by atoms with Crippen LogP contribution in [-0.4, -0.2) is 16.7 Å². The van der Waals surface area contributed by atoms with Crippen LogP contribution in [0.5, 0.6) is 0 Å². The number of amides is 1. The van der Waals surface area contributed by atoms with Crippen LogP contribution in [0.1, 0.15) is 15.9 Å². The summed E-state index contributed by atoms with van der Waals surface area (Å²) in [6, 6.07) is 17.8. The van der Waals surface area contributed by atoms with E-state index < -0.39 is 0 Å². The highest BCUT2D eigenvalue weighted by atomic mass is 35.5. The van der Waals surface area contributed by atoms with Crippen LogP contribution in [0, 0.1) is 0 Å². The summed E-state index contributed by atoms with van der Waals surface area (Å²) in [5.74, 6) is -0.253. The Hall–Kier alpha value is -2.50. The number of hydrogen-bond donors (Lipinski definition) is 1. The smallest absolute Gasteiger partial charge is 0.257 e. The van der Waals surface area contributed by atoms with E-state index in [4.69, 9.17) is 11.6 Å². The Balaban J connectivity index is 1.83. The summed E-state index contributed by atoms with van der Waals surface area (Å²) in [4.78, 5) is 25.7. The van der Waals surface area contributed by atoms with Gasteiger partial charge in [-0.2, -0.15) is 0 Å². The molecular formula is C20H17ClN2O2S. The molecule has 0 radical (unpaired) electrons. The van der Waals surface area contributed by atoms with Gasteiger partial charge in [0.2, 0.25) is 0 Å². The third kappa shape index (κ3) is 4.36. The van der Waals surface area contributed by atoms with Gasteiger partial charge < -0.3 is 9.88 Å². The van der Waals surface area contributed by atoms with E-state index in [-0.39, 0.29) is 11.5 Å². The number of nitrogens with zero attached hydrogens (tertiary/aromatic N) is 1. The van der Waals surface area contributed by atoms with Gasteiger partial charge in [0, 0.05) is 22.2 Å². The number of hydrogen-bond acceptors (Lipinski definition) is 3. The Morgan fingerprint density at radius 1 is 1.08 bits per heavy atom.